The molecule has 0 aromatic carbocycles. The molecule has 158 valence electrons. The van der Waals surface area contributed by atoms with Crippen molar-refractivity contribution in [3.63, 3.8) is 0 Å². The number of amides is 3. The fourth-order valence-corrected chi connectivity index (χ4v) is 4.87. The Balaban J connectivity index is 1.61. The summed E-state index contributed by atoms with van der Waals surface area (Å²) in [6, 6.07) is -1.09. The zero-order chi connectivity index (χ0) is 20.6. The topological polar surface area (TPSA) is 117 Å². The fourth-order valence-electron chi connectivity index (χ4n) is 4.87. The van der Waals surface area contributed by atoms with E-state index in [1.807, 2.05) is 13.8 Å². The lowest BCUT2D eigenvalue weighted by atomic mass is 9.96. The van der Waals surface area contributed by atoms with E-state index in [9.17, 15) is 14.4 Å². The Morgan fingerprint density at radius 1 is 1.39 bits per heavy atom. The van der Waals surface area contributed by atoms with Crippen molar-refractivity contribution < 1.29 is 14.4 Å². The second-order valence-corrected chi connectivity index (χ2v) is 9.30. The van der Waals surface area contributed by atoms with Crippen LogP contribution >= 0.6 is 0 Å². The molecule has 0 aromatic heterocycles. The number of hydrogen-bond donors (Lipinski definition) is 4. The van der Waals surface area contributed by atoms with Crippen LogP contribution in [0.2, 0.25) is 0 Å². The first-order valence-electron chi connectivity index (χ1n) is 10.6. The van der Waals surface area contributed by atoms with Gasteiger partial charge in [-0.2, -0.15) is 0 Å². The van der Waals surface area contributed by atoms with Crippen molar-refractivity contribution in [3.8, 4) is 0 Å². The minimum Gasteiger partial charge on any atom is -0.356 e. The van der Waals surface area contributed by atoms with E-state index in [4.69, 9.17) is 5.73 Å². The predicted molar refractivity (Wildman–Crippen MR) is 106 cm³/mol. The SMILES string of the molecule is CC[C@H](C)[C@H](N)C(=O)N1C[C@H]2[C@@H]([C@H]1C(=O)NNC[C@@H]1CCCNC1=O)C2(C)C. The first kappa shape index (κ1) is 21.0. The maximum Gasteiger partial charge on any atom is 0.257 e. The third-order valence-electron chi connectivity index (χ3n) is 7.26. The molecular formula is C20H35N5O3. The molecular weight excluding hydrogens is 358 g/mol. The highest BCUT2D eigenvalue weighted by Crippen LogP contribution is 2.64. The second-order valence-electron chi connectivity index (χ2n) is 9.30. The molecule has 6 atom stereocenters. The smallest absolute Gasteiger partial charge is 0.257 e. The molecule has 8 heteroatoms. The minimum absolute atomic E-state index is 0.0218. The van der Waals surface area contributed by atoms with Gasteiger partial charge in [0.1, 0.15) is 6.04 Å². The van der Waals surface area contributed by atoms with Gasteiger partial charge in [-0.15, -0.1) is 0 Å². The molecule has 5 N–H and O–H groups in total. The highest BCUT2D eigenvalue weighted by Gasteiger charge is 2.69. The van der Waals surface area contributed by atoms with Gasteiger partial charge in [0.25, 0.3) is 5.91 Å². The lowest BCUT2D eigenvalue weighted by Crippen LogP contribution is -2.57. The summed E-state index contributed by atoms with van der Waals surface area (Å²) in [5, 5.41) is 2.84. The zero-order valence-corrected chi connectivity index (χ0v) is 17.5. The van der Waals surface area contributed by atoms with Crippen molar-refractivity contribution in [1.29, 1.82) is 0 Å². The molecule has 0 aromatic rings. The molecule has 3 rings (SSSR count). The average Bonchev–Trinajstić information content (AvgIpc) is 3.03. The Labute approximate surface area is 167 Å². The van der Waals surface area contributed by atoms with Gasteiger partial charge >= 0.3 is 0 Å². The van der Waals surface area contributed by atoms with Gasteiger partial charge in [-0.25, -0.2) is 5.43 Å². The molecule has 2 saturated heterocycles. The number of hydrogen-bond acceptors (Lipinski definition) is 5. The van der Waals surface area contributed by atoms with Crippen LogP contribution in [0.4, 0.5) is 0 Å². The molecule has 2 aliphatic heterocycles. The molecule has 0 spiro atoms. The summed E-state index contributed by atoms with van der Waals surface area (Å²) < 4.78 is 0. The van der Waals surface area contributed by atoms with E-state index in [1.54, 1.807) is 4.90 Å². The Kier molecular flexibility index (Phi) is 6.00. The Morgan fingerprint density at radius 3 is 2.75 bits per heavy atom. The number of rotatable bonds is 7. The first-order chi connectivity index (χ1) is 13.2. The number of nitrogens with one attached hydrogen (secondary N) is 3. The summed E-state index contributed by atoms with van der Waals surface area (Å²) in [7, 11) is 0. The molecule has 1 aliphatic carbocycles. The van der Waals surface area contributed by atoms with E-state index >= 15 is 0 Å². The van der Waals surface area contributed by atoms with Crippen LogP contribution in [-0.4, -0.2) is 54.3 Å². The molecule has 0 bridgehead atoms. The molecule has 1 saturated carbocycles. The van der Waals surface area contributed by atoms with Crippen molar-refractivity contribution in [3.05, 3.63) is 0 Å². The van der Waals surface area contributed by atoms with Crippen molar-refractivity contribution in [2.45, 2.75) is 59.0 Å². The number of nitrogens with two attached hydrogens (primary N) is 1. The van der Waals surface area contributed by atoms with Gasteiger partial charge in [0.2, 0.25) is 11.8 Å². The summed E-state index contributed by atoms with van der Waals surface area (Å²) in [4.78, 5) is 39.4. The molecule has 28 heavy (non-hydrogen) atoms. The van der Waals surface area contributed by atoms with E-state index in [-0.39, 0.29) is 40.9 Å². The molecule has 2 heterocycles. The largest absolute Gasteiger partial charge is 0.356 e. The van der Waals surface area contributed by atoms with Crippen molar-refractivity contribution in [2.24, 2.45) is 34.8 Å². The van der Waals surface area contributed by atoms with E-state index < -0.39 is 12.1 Å². The van der Waals surface area contributed by atoms with Crippen molar-refractivity contribution >= 4 is 17.7 Å². The minimum atomic E-state index is -0.584. The summed E-state index contributed by atoms with van der Waals surface area (Å²) in [5.41, 5.74) is 11.9. The summed E-state index contributed by atoms with van der Waals surface area (Å²) in [6.07, 6.45) is 2.58. The lowest BCUT2D eigenvalue weighted by molar-refractivity contribution is -0.142. The maximum atomic E-state index is 13.0. The van der Waals surface area contributed by atoms with Crippen LogP contribution in [0.3, 0.4) is 0 Å². The van der Waals surface area contributed by atoms with Crippen molar-refractivity contribution in [1.82, 2.24) is 21.1 Å². The molecule has 3 amide bonds. The molecule has 3 fully saturated rings. The third-order valence-corrected chi connectivity index (χ3v) is 7.26. The number of carbonyl (C=O) groups is 3. The zero-order valence-electron chi connectivity index (χ0n) is 17.5. The van der Waals surface area contributed by atoms with Gasteiger partial charge in [-0.05, 0) is 36.0 Å². The summed E-state index contributed by atoms with van der Waals surface area (Å²) in [5.74, 6) is 0.0981. The summed E-state index contributed by atoms with van der Waals surface area (Å²) >= 11 is 0. The normalized spacial score (nSPS) is 32.9. The number of nitrogens with zero attached hydrogens (tertiary/aromatic N) is 1. The molecule has 0 radical (unpaired) electrons. The molecule has 8 nitrogen and oxygen atoms in total. The quantitative estimate of drug-likeness (QED) is 0.454. The fraction of sp³-hybridized carbons (Fsp3) is 0.850. The Bertz CT molecular complexity index is 637. The van der Waals surface area contributed by atoms with Gasteiger partial charge in [0.15, 0.2) is 0 Å². The second kappa shape index (κ2) is 7.99. The maximum absolute atomic E-state index is 13.0. The standard InChI is InChI=1S/C20H35N5O3/c1-5-11(2)15(21)19(28)25-10-13-14(20(13,3)4)16(25)18(27)24-23-9-12-7-6-8-22-17(12)26/h11-16,23H,5-10,21H2,1-4H3,(H,22,26)(H,24,27)/t11-,12-,13-,14-,15-,16-/m0/s1. The Hall–Kier alpha value is -1.67. The first-order valence-corrected chi connectivity index (χ1v) is 10.6. The monoisotopic (exact) mass is 393 g/mol. The van der Waals surface area contributed by atoms with Crippen LogP contribution in [0, 0.1) is 29.1 Å². The van der Waals surface area contributed by atoms with Crippen LogP contribution < -0.4 is 21.9 Å². The van der Waals surface area contributed by atoms with E-state index in [0.29, 0.717) is 19.0 Å². The van der Waals surface area contributed by atoms with E-state index in [0.717, 1.165) is 25.8 Å². The third kappa shape index (κ3) is 3.76. The molecule has 0 unspecified atom stereocenters. The number of carbonyl (C=O) groups excluding carboxylic acids is 3. The number of hydrazine groups is 1. The average molecular weight is 394 g/mol. The van der Waals surface area contributed by atoms with Gasteiger partial charge in [-0.3, -0.25) is 19.8 Å². The highest BCUT2D eigenvalue weighted by atomic mass is 16.2. The van der Waals surface area contributed by atoms with E-state index in [2.05, 4.69) is 30.0 Å². The lowest BCUT2D eigenvalue weighted by Gasteiger charge is -2.33. The van der Waals surface area contributed by atoms with Gasteiger partial charge in [-0.1, -0.05) is 34.1 Å². The summed E-state index contributed by atoms with van der Waals surface area (Å²) in [6.45, 7) is 9.98. The van der Waals surface area contributed by atoms with Crippen LogP contribution in [0.5, 0.6) is 0 Å². The molecule has 3 aliphatic rings. The predicted octanol–water partition coefficient (Wildman–Crippen LogP) is -0.0102. The van der Waals surface area contributed by atoms with Crippen LogP contribution in [0.15, 0.2) is 0 Å². The Morgan fingerprint density at radius 2 is 2.11 bits per heavy atom. The highest BCUT2D eigenvalue weighted by molar-refractivity contribution is 5.91. The van der Waals surface area contributed by atoms with Crippen LogP contribution in [-0.2, 0) is 14.4 Å². The van der Waals surface area contributed by atoms with Gasteiger partial charge < -0.3 is 16.0 Å². The number of piperidine rings is 2. The van der Waals surface area contributed by atoms with Gasteiger partial charge in [0, 0.05) is 19.6 Å². The van der Waals surface area contributed by atoms with Crippen LogP contribution in [0.25, 0.3) is 0 Å². The number of likely N-dealkylation sites (tertiary alicyclic amines) is 1. The van der Waals surface area contributed by atoms with Crippen molar-refractivity contribution in [2.75, 3.05) is 19.6 Å². The van der Waals surface area contributed by atoms with Gasteiger partial charge in [0.05, 0.1) is 12.0 Å². The van der Waals surface area contributed by atoms with E-state index in [1.165, 1.54) is 0 Å². The van der Waals surface area contributed by atoms with Crippen LogP contribution in [0.1, 0.15) is 47.0 Å². The number of fused-ring (bicyclic) bond motifs is 1.